The molecular formula is C12H18N6O2. The molecule has 0 spiro atoms. The lowest BCUT2D eigenvalue weighted by Crippen LogP contribution is -2.24. The Kier molecular flexibility index (Phi) is 3.56. The zero-order valence-corrected chi connectivity index (χ0v) is 12.3. The zero-order chi connectivity index (χ0) is 14.9. The van der Waals surface area contributed by atoms with E-state index in [-0.39, 0.29) is 5.69 Å². The molecule has 0 bridgehead atoms. The summed E-state index contributed by atoms with van der Waals surface area (Å²) in [4.78, 5) is 12.0. The number of nitrogens with zero attached hydrogens (tertiary/aromatic N) is 6. The SMILES string of the molecule is Cc1c(C(=O)OC(C)(C)C)nnn1Cc1nncn1C. The Hall–Kier alpha value is -2.25. The van der Waals surface area contributed by atoms with E-state index in [2.05, 4.69) is 20.5 Å². The molecular weight excluding hydrogens is 260 g/mol. The molecule has 108 valence electrons. The highest BCUT2D eigenvalue weighted by Crippen LogP contribution is 2.13. The fourth-order valence-electron chi connectivity index (χ4n) is 1.61. The molecule has 0 saturated carbocycles. The fourth-order valence-corrected chi connectivity index (χ4v) is 1.61. The van der Waals surface area contributed by atoms with E-state index in [0.717, 1.165) is 5.82 Å². The number of carbonyl (C=O) groups excluding carboxylic acids is 1. The van der Waals surface area contributed by atoms with E-state index in [0.29, 0.717) is 12.2 Å². The van der Waals surface area contributed by atoms with Crippen LogP contribution in [0.4, 0.5) is 0 Å². The van der Waals surface area contributed by atoms with Crippen molar-refractivity contribution in [3.8, 4) is 0 Å². The summed E-state index contributed by atoms with van der Waals surface area (Å²) in [6.45, 7) is 7.60. The monoisotopic (exact) mass is 278 g/mol. The topological polar surface area (TPSA) is 87.7 Å². The second-order valence-corrected chi connectivity index (χ2v) is 5.54. The third-order valence-electron chi connectivity index (χ3n) is 2.67. The third kappa shape index (κ3) is 3.01. The van der Waals surface area contributed by atoms with E-state index in [1.807, 2.05) is 27.8 Å². The van der Waals surface area contributed by atoms with Crippen LogP contribution in [0.1, 0.15) is 42.8 Å². The highest BCUT2D eigenvalue weighted by Gasteiger charge is 2.23. The van der Waals surface area contributed by atoms with Crippen molar-refractivity contribution in [2.75, 3.05) is 0 Å². The largest absolute Gasteiger partial charge is 0.455 e. The van der Waals surface area contributed by atoms with Gasteiger partial charge >= 0.3 is 5.97 Å². The highest BCUT2D eigenvalue weighted by molar-refractivity contribution is 5.88. The van der Waals surface area contributed by atoms with Gasteiger partial charge in [-0.05, 0) is 27.7 Å². The van der Waals surface area contributed by atoms with Gasteiger partial charge in [0.1, 0.15) is 18.5 Å². The number of aromatic nitrogens is 6. The van der Waals surface area contributed by atoms with Crippen LogP contribution in [0.15, 0.2) is 6.33 Å². The molecule has 0 unspecified atom stereocenters. The number of ether oxygens (including phenoxy) is 1. The van der Waals surface area contributed by atoms with Crippen LogP contribution in [0.25, 0.3) is 0 Å². The summed E-state index contributed by atoms with van der Waals surface area (Å²) >= 11 is 0. The van der Waals surface area contributed by atoms with E-state index in [1.54, 1.807) is 22.5 Å². The maximum Gasteiger partial charge on any atom is 0.361 e. The summed E-state index contributed by atoms with van der Waals surface area (Å²) in [6.07, 6.45) is 1.61. The van der Waals surface area contributed by atoms with E-state index in [9.17, 15) is 4.79 Å². The van der Waals surface area contributed by atoms with Gasteiger partial charge < -0.3 is 9.30 Å². The minimum absolute atomic E-state index is 0.224. The molecule has 0 amide bonds. The Bertz CT molecular complexity index is 622. The van der Waals surface area contributed by atoms with E-state index in [1.165, 1.54) is 0 Å². The molecule has 0 aliphatic carbocycles. The predicted molar refractivity (Wildman–Crippen MR) is 70.0 cm³/mol. The molecule has 0 atom stereocenters. The van der Waals surface area contributed by atoms with Crippen molar-refractivity contribution in [1.82, 2.24) is 29.8 Å². The van der Waals surface area contributed by atoms with Gasteiger partial charge in [-0.2, -0.15) is 0 Å². The van der Waals surface area contributed by atoms with Crippen LogP contribution in [-0.2, 0) is 18.3 Å². The molecule has 2 rings (SSSR count). The smallest absolute Gasteiger partial charge is 0.361 e. The van der Waals surface area contributed by atoms with Gasteiger partial charge in [-0.1, -0.05) is 5.21 Å². The number of hydrogen-bond acceptors (Lipinski definition) is 6. The summed E-state index contributed by atoms with van der Waals surface area (Å²) < 4.78 is 8.68. The summed E-state index contributed by atoms with van der Waals surface area (Å²) in [5, 5.41) is 15.6. The first-order chi connectivity index (χ1) is 9.28. The van der Waals surface area contributed by atoms with E-state index < -0.39 is 11.6 Å². The maximum absolute atomic E-state index is 12.0. The minimum Gasteiger partial charge on any atom is -0.455 e. The first-order valence-electron chi connectivity index (χ1n) is 6.24. The summed E-state index contributed by atoms with van der Waals surface area (Å²) in [5.41, 5.74) is 0.306. The van der Waals surface area contributed by atoms with Crippen molar-refractivity contribution >= 4 is 5.97 Å². The number of rotatable bonds is 3. The van der Waals surface area contributed by atoms with Gasteiger partial charge in [-0.15, -0.1) is 15.3 Å². The molecule has 0 aromatic carbocycles. The zero-order valence-electron chi connectivity index (χ0n) is 12.3. The van der Waals surface area contributed by atoms with Crippen LogP contribution in [0.3, 0.4) is 0 Å². The molecule has 0 fully saturated rings. The summed E-state index contributed by atoms with van der Waals surface area (Å²) in [7, 11) is 1.84. The van der Waals surface area contributed by atoms with Crippen molar-refractivity contribution in [3.05, 3.63) is 23.5 Å². The second kappa shape index (κ2) is 5.03. The summed E-state index contributed by atoms with van der Waals surface area (Å²) in [6, 6.07) is 0. The second-order valence-electron chi connectivity index (χ2n) is 5.54. The first kappa shape index (κ1) is 14.2. The molecule has 0 aliphatic rings. The van der Waals surface area contributed by atoms with Gasteiger partial charge in [0.25, 0.3) is 0 Å². The lowest BCUT2D eigenvalue weighted by atomic mass is 10.2. The van der Waals surface area contributed by atoms with Gasteiger partial charge in [0, 0.05) is 7.05 Å². The normalized spacial score (nSPS) is 11.7. The van der Waals surface area contributed by atoms with E-state index >= 15 is 0 Å². The molecule has 0 N–H and O–H groups in total. The molecule has 0 aliphatic heterocycles. The van der Waals surface area contributed by atoms with Gasteiger partial charge in [0.15, 0.2) is 11.5 Å². The Morgan fingerprint density at radius 3 is 2.60 bits per heavy atom. The number of hydrogen-bond donors (Lipinski definition) is 0. The molecule has 8 nitrogen and oxygen atoms in total. The van der Waals surface area contributed by atoms with Crippen molar-refractivity contribution in [2.45, 2.75) is 39.8 Å². The van der Waals surface area contributed by atoms with Crippen LogP contribution in [0.5, 0.6) is 0 Å². The summed E-state index contributed by atoms with van der Waals surface area (Å²) in [5.74, 6) is 0.257. The predicted octanol–water partition coefficient (Wildman–Crippen LogP) is 0.719. The Balaban J connectivity index is 2.19. The quantitative estimate of drug-likeness (QED) is 0.769. The van der Waals surface area contributed by atoms with Crippen molar-refractivity contribution in [2.24, 2.45) is 7.05 Å². The lowest BCUT2D eigenvalue weighted by molar-refractivity contribution is 0.00619. The van der Waals surface area contributed by atoms with Gasteiger partial charge in [0.2, 0.25) is 0 Å². The number of aryl methyl sites for hydroxylation is 1. The molecule has 0 saturated heterocycles. The Morgan fingerprint density at radius 2 is 2.05 bits per heavy atom. The van der Waals surface area contributed by atoms with Crippen LogP contribution >= 0.6 is 0 Å². The molecule has 20 heavy (non-hydrogen) atoms. The molecule has 2 aromatic heterocycles. The van der Waals surface area contributed by atoms with Crippen molar-refractivity contribution < 1.29 is 9.53 Å². The number of carbonyl (C=O) groups is 1. The maximum atomic E-state index is 12.0. The Morgan fingerprint density at radius 1 is 1.35 bits per heavy atom. The fraction of sp³-hybridized carbons (Fsp3) is 0.583. The average Bonchev–Trinajstić information content (AvgIpc) is 2.86. The average molecular weight is 278 g/mol. The van der Waals surface area contributed by atoms with Crippen molar-refractivity contribution in [1.29, 1.82) is 0 Å². The van der Waals surface area contributed by atoms with E-state index in [4.69, 9.17) is 4.74 Å². The van der Waals surface area contributed by atoms with Gasteiger partial charge in [-0.3, -0.25) is 0 Å². The lowest BCUT2D eigenvalue weighted by Gasteiger charge is -2.18. The van der Waals surface area contributed by atoms with Gasteiger partial charge in [-0.25, -0.2) is 9.48 Å². The number of esters is 1. The first-order valence-corrected chi connectivity index (χ1v) is 6.24. The van der Waals surface area contributed by atoms with Crippen molar-refractivity contribution in [3.63, 3.8) is 0 Å². The highest BCUT2D eigenvalue weighted by atomic mass is 16.6. The van der Waals surface area contributed by atoms with Crippen LogP contribution in [0.2, 0.25) is 0 Å². The van der Waals surface area contributed by atoms with Gasteiger partial charge in [0.05, 0.1) is 5.69 Å². The molecule has 0 radical (unpaired) electrons. The third-order valence-corrected chi connectivity index (χ3v) is 2.67. The molecule has 8 heteroatoms. The van der Waals surface area contributed by atoms with Crippen LogP contribution in [-0.4, -0.2) is 41.3 Å². The standard InChI is InChI=1S/C12H18N6O2/c1-8-10(11(19)20-12(2,3)4)15-16-18(8)6-9-14-13-7-17(9)5/h7H,6H2,1-5H3. The van der Waals surface area contributed by atoms with Crippen LogP contribution < -0.4 is 0 Å². The molecule has 2 heterocycles. The minimum atomic E-state index is -0.559. The molecule has 2 aromatic rings. The Labute approximate surface area is 116 Å². The van der Waals surface area contributed by atoms with Crippen LogP contribution in [0, 0.1) is 6.92 Å².